The Balaban J connectivity index is 2.20. The molecule has 0 spiro atoms. The number of rotatable bonds is 5. The van der Waals surface area contributed by atoms with Crippen LogP contribution in [0, 0.1) is 0 Å². The zero-order chi connectivity index (χ0) is 15.5. The van der Waals surface area contributed by atoms with E-state index in [1.165, 1.54) is 16.4 Å². The normalized spacial score (nSPS) is 20.3. The Labute approximate surface area is 124 Å². The molecule has 116 valence electrons. The Bertz CT molecular complexity index is 614. The van der Waals surface area contributed by atoms with Gasteiger partial charge in [0.25, 0.3) is 0 Å². The van der Waals surface area contributed by atoms with Gasteiger partial charge in [0.15, 0.2) is 0 Å². The first-order valence-electron chi connectivity index (χ1n) is 6.83. The molecule has 6 nitrogen and oxygen atoms in total. The van der Waals surface area contributed by atoms with E-state index in [9.17, 15) is 13.2 Å². The second kappa shape index (κ2) is 6.55. The van der Waals surface area contributed by atoms with E-state index in [0.717, 1.165) is 0 Å². The van der Waals surface area contributed by atoms with Crippen LogP contribution in [0.3, 0.4) is 0 Å². The molecular weight excluding hydrogens is 294 g/mol. The van der Waals surface area contributed by atoms with Crippen LogP contribution >= 0.6 is 0 Å². The zero-order valence-electron chi connectivity index (χ0n) is 11.9. The molecule has 1 aromatic carbocycles. The number of aromatic carboxylic acids is 1. The molecular formula is C14H19NO5S. The van der Waals surface area contributed by atoms with Crippen molar-refractivity contribution in [2.45, 2.75) is 25.1 Å². The Hall–Kier alpha value is -1.44. The number of carbonyl (C=O) groups is 1. The molecule has 1 atom stereocenters. The van der Waals surface area contributed by atoms with E-state index in [-0.39, 0.29) is 17.4 Å². The second-order valence-electron chi connectivity index (χ2n) is 5.01. The molecule has 0 amide bonds. The van der Waals surface area contributed by atoms with Crippen molar-refractivity contribution in [3.8, 4) is 0 Å². The molecule has 1 unspecified atom stereocenters. The number of hydrogen-bond acceptors (Lipinski definition) is 4. The average Bonchev–Trinajstić information content (AvgIpc) is 2.47. The van der Waals surface area contributed by atoms with Crippen molar-refractivity contribution in [1.29, 1.82) is 0 Å². The Morgan fingerprint density at radius 1 is 1.48 bits per heavy atom. The molecule has 0 aliphatic carbocycles. The summed E-state index contributed by atoms with van der Waals surface area (Å²) in [6.07, 6.45) is 0.689. The highest BCUT2D eigenvalue weighted by Gasteiger charge is 2.31. The lowest BCUT2D eigenvalue weighted by Crippen LogP contribution is -2.48. The molecule has 1 aromatic rings. The van der Waals surface area contributed by atoms with Crippen LogP contribution in [-0.4, -0.2) is 49.6 Å². The first-order valence-corrected chi connectivity index (χ1v) is 8.44. The molecule has 21 heavy (non-hydrogen) atoms. The molecule has 0 bridgehead atoms. The molecule has 7 heteroatoms. The van der Waals surface area contributed by atoms with E-state index >= 15 is 0 Å². The Morgan fingerprint density at radius 3 is 2.90 bits per heavy atom. The largest absolute Gasteiger partial charge is 0.478 e. The van der Waals surface area contributed by atoms with E-state index in [1.807, 2.05) is 6.92 Å². The van der Waals surface area contributed by atoms with Crippen LogP contribution in [0.2, 0.25) is 0 Å². The summed E-state index contributed by atoms with van der Waals surface area (Å²) in [5.74, 6) is -1.25. The van der Waals surface area contributed by atoms with Gasteiger partial charge in [-0.2, -0.15) is 4.31 Å². The van der Waals surface area contributed by atoms with Crippen LogP contribution < -0.4 is 0 Å². The van der Waals surface area contributed by atoms with Crippen molar-refractivity contribution in [1.82, 2.24) is 4.31 Å². The van der Waals surface area contributed by atoms with E-state index in [0.29, 0.717) is 31.7 Å². The number of ether oxygens (including phenoxy) is 1. The van der Waals surface area contributed by atoms with Gasteiger partial charge in [-0.3, -0.25) is 0 Å². The smallest absolute Gasteiger partial charge is 0.335 e. The summed E-state index contributed by atoms with van der Waals surface area (Å²) in [6.45, 7) is 3.07. The number of hydrogen-bond donors (Lipinski definition) is 1. The van der Waals surface area contributed by atoms with Crippen molar-refractivity contribution >= 4 is 16.0 Å². The maximum Gasteiger partial charge on any atom is 0.335 e. The van der Waals surface area contributed by atoms with E-state index in [1.54, 1.807) is 12.1 Å². The molecule has 1 aliphatic rings. The predicted molar refractivity (Wildman–Crippen MR) is 77.6 cm³/mol. The topological polar surface area (TPSA) is 83.9 Å². The van der Waals surface area contributed by atoms with Crippen LogP contribution in [0.4, 0.5) is 0 Å². The van der Waals surface area contributed by atoms with Gasteiger partial charge < -0.3 is 9.84 Å². The highest BCUT2D eigenvalue weighted by atomic mass is 32.2. The van der Waals surface area contributed by atoms with Gasteiger partial charge >= 0.3 is 5.97 Å². The van der Waals surface area contributed by atoms with Crippen molar-refractivity contribution in [3.05, 3.63) is 35.4 Å². The second-order valence-corrected chi connectivity index (χ2v) is 6.93. The fraction of sp³-hybridized carbons (Fsp3) is 0.500. The molecule has 2 rings (SSSR count). The number of benzene rings is 1. The number of carboxylic acids is 1. The summed E-state index contributed by atoms with van der Waals surface area (Å²) in [5.41, 5.74) is 0.577. The lowest BCUT2D eigenvalue weighted by molar-refractivity contribution is 0.0313. The van der Waals surface area contributed by atoms with Crippen LogP contribution in [-0.2, 0) is 20.5 Å². The third-order valence-corrected chi connectivity index (χ3v) is 5.42. The lowest BCUT2D eigenvalue weighted by Gasteiger charge is -2.34. The minimum absolute atomic E-state index is 0.0942. The van der Waals surface area contributed by atoms with E-state index in [2.05, 4.69) is 0 Å². The molecule has 0 aromatic heterocycles. The summed E-state index contributed by atoms with van der Waals surface area (Å²) in [4.78, 5) is 10.9. The van der Waals surface area contributed by atoms with Crippen LogP contribution in [0.1, 0.15) is 29.3 Å². The molecule has 0 saturated carbocycles. The number of sulfonamides is 1. The summed E-state index contributed by atoms with van der Waals surface area (Å²) in [7, 11) is -3.48. The van der Waals surface area contributed by atoms with Gasteiger partial charge in [-0.1, -0.05) is 19.1 Å². The van der Waals surface area contributed by atoms with Crippen molar-refractivity contribution in [2.75, 3.05) is 19.8 Å². The Morgan fingerprint density at radius 2 is 2.24 bits per heavy atom. The summed E-state index contributed by atoms with van der Waals surface area (Å²) in [6, 6.07) is 5.89. The fourth-order valence-corrected chi connectivity index (χ4v) is 4.20. The van der Waals surface area contributed by atoms with Gasteiger partial charge in [0.1, 0.15) is 0 Å². The molecule has 1 N–H and O–H groups in total. The summed E-state index contributed by atoms with van der Waals surface area (Å²) < 4.78 is 31.8. The van der Waals surface area contributed by atoms with Crippen molar-refractivity contribution < 1.29 is 23.1 Å². The van der Waals surface area contributed by atoms with Crippen LogP contribution in [0.15, 0.2) is 24.3 Å². The quantitative estimate of drug-likeness (QED) is 0.886. The third-order valence-electron chi connectivity index (χ3n) is 3.53. The first-order chi connectivity index (χ1) is 9.94. The van der Waals surface area contributed by atoms with Gasteiger partial charge in [-0.25, -0.2) is 13.2 Å². The highest BCUT2D eigenvalue weighted by Crippen LogP contribution is 2.19. The SMILES string of the molecule is CCC1COCCN1S(=O)(=O)Cc1cccc(C(=O)O)c1. The predicted octanol–water partition coefficient (Wildman–Crippen LogP) is 1.33. The van der Waals surface area contributed by atoms with Crippen LogP contribution in [0.25, 0.3) is 0 Å². The molecule has 1 saturated heterocycles. The van der Waals surface area contributed by atoms with Gasteiger partial charge in [0.2, 0.25) is 10.0 Å². The van der Waals surface area contributed by atoms with Gasteiger partial charge in [-0.15, -0.1) is 0 Å². The van der Waals surface area contributed by atoms with Gasteiger partial charge in [0.05, 0.1) is 24.5 Å². The maximum atomic E-state index is 12.5. The van der Waals surface area contributed by atoms with E-state index in [4.69, 9.17) is 9.84 Å². The molecule has 1 aliphatic heterocycles. The van der Waals surface area contributed by atoms with Gasteiger partial charge in [0, 0.05) is 12.6 Å². The maximum absolute atomic E-state index is 12.5. The minimum Gasteiger partial charge on any atom is -0.478 e. The monoisotopic (exact) mass is 313 g/mol. The summed E-state index contributed by atoms with van der Waals surface area (Å²) >= 11 is 0. The average molecular weight is 313 g/mol. The molecule has 0 radical (unpaired) electrons. The molecule has 1 heterocycles. The number of morpholine rings is 1. The highest BCUT2D eigenvalue weighted by molar-refractivity contribution is 7.88. The number of carboxylic acid groups (broad SMARTS) is 1. The van der Waals surface area contributed by atoms with Gasteiger partial charge in [-0.05, 0) is 24.1 Å². The fourth-order valence-electron chi connectivity index (χ4n) is 2.41. The third kappa shape index (κ3) is 3.81. The van der Waals surface area contributed by atoms with E-state index < -0.39 is 16.0 Å². The molecule has 1 fully saturated rings. The standard InChI is InChI=1S/C14H19NO5S/c1-2-13-9-20-7-6-15(13)21(18,19)10-11-4-3-5-12(8-11)14(16)17/h3-5,8,13H,2,6-7,9-10H2,1H3,(H,16,17). The van der Waals surface area contributed by atoms with Crippen molar-refractivity contribution in [2.24, 2.45) is 0 Å². The van der Waals surface area contributed by atoms with Crippen molar-refractivity contribution in [3.63, 3.8) is 0 Å². The zero-order valence-corrected chi connectivity index (χ0v) is 12.7. The minimum atomic E-state index is -3.48. The summed E-state index contributed by atoms with van der Waals surface area (Å²) in [5, 5.41) is 8.96. The van der Waals surface area contributed by atoms with Crippen LogP contribution in [0.5, 0.6) is 0 Å². The number of nitrogens with zero attached hydrogens (tertiary/aromatic N) is 1. The first kappa shape index (κ1) is 15.9. The Kier molecular flexibility index (Phi) is 4.97. The lowest BCUT2D eigenvalue weighted by atomic mass is 10.1.